The lowest BCUT2D eigenvalue weighted by atomic mass is 9.79. The van der Waals surface area contributed by atoms with Crippen LogP contribution in [0.3, 0.4) is 0 Å². The van der Waals surface area contributed by atoms with E-state index in [1.807, 2.05) is 18.2 Å². The first kappa shape index (κ1) is 24.0. The van der Waals surface area contributed by atoms with Crippen molar-refractivity contribution >= 4 is 5.97 Å². The summed E-state index contributed by atoms with van der Waals surface area (Å²) >= 11 is 0. The fourth-order valence-electron chi connectivity index (χ4n) is 4.47. The highest BCUT2D eigenvalue weighted by Crippen LogP contribution is 2.38. The van der Waals surface area contributed by atoms with Crippen LogP contribution in [0.25, 0.3) is 11.1 Å². The number of ether oxygens (including phenoxy) is 2. The molecule has 0 spiro atoms. The third kappa shape index (κ3) is 6.05. The fourth-order valence-corrected chi connectivity index (χ4v) is 4.47. The van der Waals surface area contributed by atoms with E-state index in [0.717, 1.165) is 55.6 Å². The van der Waals surface area contributed by atoms with Gasteiger partial charge in [-0.25, -0.2) is 4.39 Å². The van der Waals surface area contributed by atoms with Gasteiger partial charge < -0.3 is 9.47 Å². The van der Waals surface area contributed by atoms with Gasteiger partial charge in [-0.2, -0.15) is 0 Å². The number of carbonyl (C=O) groups is 1. The van der Waals surface area contributed by atoms with Crippen LogP contribution in [0, 0.1) is 17.7 Å². The topological polar surface area (TPSA) is 35.5 Å². The summed E-state index contributed by atoms with van der Waals surface area (Å²) in [6, 6.07) is 22.1. The zero-order chi connectivity index (χ0) is 23.9. The maximum Gasteiger partial charge on any atom is 0.314 e. The Labute approximate surface area is 201 Å². The number of carbonyl (C=O) groups excluding carboxylic acids is 1. The zero-order valence-electron chi connectivity index (χ0n) is 20.0. The molecule has 0 heterocycles. The molecule has 0 aromatic heterocycles. The first-order valence-electron chi connectivity index (χ1n) is 12.3. The van der Waals surface area contributed by atoms with Gasteiger partial charge in [-0.15, -0.1) is 0 Å². The Balaban J connectivity index is 1.33. The third-order valence-corrected chi connectivity index (χ3v) is 6.90. The molecule has 34 heavy (non-hydrogen) atoms. The molecule has 0 amide bonds. The van der Waals surface area contributed by atoms with E-state index in [1.165, 1.54) is 17.7 Å². The van der Waals surface area contributed by atoms with Crippen molar-refractivity contribution < 1.29 is 18.7 Å². The molecule has 0 radical (unpaired) electrons. The SMILES string of the molecule is CCC(C)COc1ccc([C@H]2CC[C@H](C(=O)Oc3ccccc3-c3ccc(F)cc3)CC2)cc1. The highest BCUT2D eigenvalue weighted by molar-refractivity contribution is 5.79. The van der Waals surface area contributed by atoms with Crippen LogP contribution in [0.5, 0.6) is 11.5 Å². The third-order valence-electron chi connectivity index (χ3n) is 6.90. The summed E-state index contributed by atoms with van der Waals surface area (Å²) in [5, 5.41) is 0. The number of para-hydroxylation sites is 1. The second-order valence-electron chi connectivity index (χ2n) is 9.37. The molecule has 3 aromatic carbocycles. The van der Waals surface area contributed by atoms with Gasteiger partial charge in [-0.1, -0.05) is 62.7 Å². The van der Waals surface area contributed by atoms with Gasteiger partial charge in [0.15, 0.2) is 0 Å². The van der Waals surface area contributed by atoms with Gasteiger partial charge in [0.25, 0.3) is 0 Å². The molecule has 4 rings (SSSR count). The van der Waals surface area contributed by atoms with Crippen molar-refractivity contribution in [3.05, 3.63) is 84.2 Å². The molecular formula is C30H33FO3. The Morgan fingerprint density at radius 1 is 0.941 bits per heavy atom. The summed E-state index contributed by atoms with van der Waals surface area (Å²) in [5.74, 6) is 1.88. The summed E-state index contributed by atoms with van der Waals surface area (Å²) < 4.78 is 25.0. The molecule has 0 aliphatic heterocycles. The minimum Gasteiger partial charge on any atom is -0.493 e. The van der Waals surface area contributed by atoms with Crippen LogP contribution in [0.1, 0.15) is 57.4 Å². The van der Waals surface area contributed by atoms with Gasteiger partial charge >= 0.3 is 5.97 Å². The van der Waals surface area contributed by atoms with Crippen LogP contribution in [-0.2, 0) is 4.79 Å². The van der Waals surface area contributed by atoms with Crippen molar-refractivity contribution in [2.75, 3.05) is 6.61 Å². The molecule has 0 N–H and O–H groups in total. The summed E-state index contributed by atoms with van der Waals surface area (Å²) in [4.78, 5) is 12.9. The molecule has 1 fully saturated rings. The van der Waals surface area contributed by atoms with Crippen molar-refractivity contribution in [3.63, 3.8) is 0 Å². The normalized spacial score (nSPS) is 18.8. The maximum atomic E-state index is 13.3. The molecule has 1 unspecified atom stereocenters. The first-order valence-corrected chi connectivity index (χ1v) is 12.3. The Hall–Kier alpha value is -3.14. The second kappa shape index (κ2) is 11.3. The van der Waals surface area contributed by atoms with E-state index in [-0.39, 0.29) is 17.7 Å². The van der Waals surface area contributed by atoms with E-state index in [4.69, 9.17) is 9.47 Å². The molecule has 0 bridgehead atoms. The lowest BCUT2D eigenvalue weighted by molar-refractivity contribution is -0.140. The van der Waals surface area contributed by atoms with E-state index in [1.54, 1.807) is 18.2 Å². The molecule has 3 nitrogen and oxygen atoms in total. The van der Waals surface area contributed by atoms with E-state index in [2.05, 4.69) is 38.1 Å². The first-order chi connectivity index (χ1) is 16.5. The van der Waals surface area contributed by atoms with Crippen LogP contribution in [0.15, 0.2) is 72.8 Å². The second-order valence-corrected chi connectivity index (χ2v) is 9.37. The van der Waals surface area contributed by atoms with E-state index in [0.29, 0.717) is 17.6 Å². The highest BCUT2D eigenvalue weighted by atomic mass is 19.1. The summed E-state index contributed by atoms with van der Waals surface area (Å²) in [6.07, 6.45) is 4.67. The smallest absolute Gasteiger partial charge is 0.314 e. The molecule has 1 saturated carbocycles. The van der Waals surface area contributed by atoms with E-state index >= 15 is 0 Å². The number of hydrogen-bond acceptors (Lipinski definition) is 3. The standard InChI is InChI=1S/C30H33FO3/c1-3-21(2)20-33-27-18-14-23(15-19-27)22-8-10-25(11-9-22)30(32)34-29-7-5-4-6-28(29)24-12-16-26(31)17-13-24/h4-7,12-19,21-22,25H,3,8-11,20H2,1-2H3/t21?,22-,25-. The molecular weight excluding hydrogens is 427 g/mol. The van der Waals surface area contributed by atoms with Crippen LogP contribution in [0.4, 0.5) is 4.39 Å². The quantitative estimate of drug-likeness (QED) is 0.254. The number of esters is 1. The van der Waals surface area contributed by atoms with Gasteiger partial charge in [-0.05, 0) is 79.0 Å². The van der Waals surface area contributed by atoms with Gasteiger partial charge in [0.1, 0.15) is 17.3 Å². The summed E-state index contributed by atoms with van der Waals surface area (Å²) in [7, 11) is 0. The van der Waals surface area contributed by atoms with Crippen molar-refractivity contribution in [1.82, 2.24) is 0 Å². The van der Waals surface area contributed by atoms with E-state index in [9.17, 15) is 9.18 Å². The molecule has 1 atom stereocenters. The predicted molar refractivity (Wildman–Crippen MR) is 134 cm³/mol. The molecule has 0 saturated heterocycles. The summed E-state index contributed by atoms with van der Waals surface area (Å²) in [5.41, 5.74) is 2.93. The van der Waals surface area contributed by atoms with Crippen molar-refractivity contribution in [3.8, 4) is 22.6 Å². The molecule has 3 aromatic rings. The van der Waals surface area contributed by atoms with Crippen LogP contribution in [-0.4, -0.2) is 12.6 Å². The van der Waals surface area contributed by atoms with Gasteiger partial charge in [0, 0.05) is 5.56 Å². The molecule has 4 heteroatoms. The Morgan fingerprint density at radius 2 is 1.62 bits per heavy atom. The van der Waals surface area contributed by atoms with Crippen LogP contribution < -0.4 is 9.47 Å². The van der Waals surface area contributed by atoms with Gasteiger partial charge in [0.2, 0.25) is 0 Å². The molecule has 1 aliphatic carbocycles. The number of rotatable bonds is 8. The minimum atomic E-state index is -0.289. The van der Waals surface area contributed by atoms with Gasteiger partial charge in [0.05, 0.1) is 12.5 Å². The largest absolute Gasteiger partial charge is 0.493 e. The number of halogens is 1. The van der Waals surface area contributed by atoms with Crippen LogP contribution in [0.2, 0.25) is 0 Å². The Kier molecular flexibility index (Phi) is 7.99. The van der Waals surface area contributed by atoms with E-state index < -0.39 is 0 Å². The Bertz CT molecular complexity index is 1070. The number of benzene rings is 3. The lowest BCUT2D eigenvalue weighted by Gasteiger charge is -2.28. The molecule has 1 aliphatic rings. The average molecular weight is 461 g/mol. The average Bonchev–Trinajstić information content (AvgIpc) is 2.88. The minimum absolute atomic E-state index is 0.101. The lowest BCUT2D eigenvalue weighted by Crippen LogP contribution is -2.25. The monoisotopic (exact) mass is 460 g/mol. The predicted octanol–water partition coefficient (Wildman–Crippen LogP) is 7.80. The fraction of sp³-hybridized carbons (Fsp3) is 0.367. The van der Waals surface area contributed by atoms with Crippen LogP contribution >= 0.6 is 0 Å². The number of hydrogen-bond donors (Lipinski definition) is 0. The zero-order valence-corrected chi connectivity index (χ0v) is 20.0. The van der Waals surface area contributed by atoms with Gasteiger partial charge in [-0.3, -0.25) is 4.79 Å². The summed E-state index contributed by atoms with van der Waals surface area (Å²) in [6.45, 7) is 5.11. The van der Waals surface area contributed by atoms with Crippen molar-refractivity contribution in [2.45, 2.75) is 51.9 Å². The maximum absolute atomic E-state index is 13.3. The van der Waals surface area contributed by atoms with Crippen molar-refractivity contribution in [1.29, 1.82) is 0 Å². The Morgan fingerprint density at radius 3 is 2.29 bits per heavy atom. The highest BCUT2D eigenvalue weighted by Gasteiger charge is 2.29. The molecule has 178 valence electrons. The van der Waals surface area contributed by atoms with Crippen molar-refractivity contribution in [2.24, 2.45) is 11.8 Å².